The van der Waals surface area contributed by atoms with E-state index in [2.05, 4.69) is 11.3 Å². The number of hydrogen-bond acceptors (Lipinski definition) is 4. The molecule has 0 aliphatic heterocycles. The predicted molar refractivity (Wildman–Crippen MR) is 93.5 cm³/mol. The van der Waals surface area contributed by atoms with Gasteiger partial charge in [0.05, 0.1) is 18.8 Å². The maximum Gasteiger partial charge on any atom is 0.428 e. The first-order valence-electron chi connectivity index (χ1n) is 8.49. The number of hydrogen-bond donors (Lipinski definition) is 1. The molecule has 1 atom stereocenters. The van der Waals surface area contributed by atoms with Crippen molar-refractivity contribution in [3.05, 3.63) is 12.3 Å². The lowest BCUT2D eigenvalue weighted by molar-refractivity contribution is -0.263. The van der Waals surface area contributed by atoms with Gasteiger partial charge in [-0.1, -0.05) is 48.1 Å². The van der Waals surface area contributed by atoms with E-state index >= 15 is 0 Å². The van der Waals surface area contributed by atoms with Crippen LogP contribution in [0, 0.1) is 0 Å². The van der Waals surface area contributed by atoms with Gasteiger partial charge >= 0.3 is 12.1 Å². The largest absolute Gasteiger partial charge is 0.546 e. The molecule has 0 aliphatic carbocycles. The molecule has 0 rings (SSSR count). The Bertz CT molecular complexity index is 453. The highest BCUT2D eigenvalue weighted by molar-refractivity contribution is 6.77. The molecule has 0 aromatic heterocycles. The molecule has 0 saturated carbocycles. The van der Waals surface area contributed by atoms with Crippen LogP contribution < -0.4 is 0 Å². The van der Waals surface area contributed by atoms with Gasteiger partial charge in [-0.2, -0.15) is 13.2 Å². The van der Waals surface area contributed by atoms with Crippen molar-refractivity contribution in [2.45, 2.75) is 83.3 Å². The van der Waals surface area contributed by atoms with E-state index in [1.165, 1.54) is 6.92 Å². The fourth-order valence-electron chi connectivity index (χ4n) is 3.46. The summed E-state index contributed by atoms with van der Waals surface area (Å²) in [6.45, 7) is 16.5. The molecule has 0 radical (unpaired) electrons. The molecule has 0 saturated heterocycles. The molecule has 4 nitrogen and oxygen atoms in total. The van der Waals surface area contributed by atoms with Gasteiger partial charge in [-0.05, 0) is 23.5 Å². The van der Waals surface area contributed by atoms with E-state index in [-0.39, 0.29) is 29.0 Å². The molecule has 0 aromatic carbocycles. The fraction of sp³-hybridized carbons (Fsp3) is 0.824. The summed E-state index contributed by atoms with van der Waals surface area (Å²) in [5, 5.41) is 10.0. The number of aliphatic hydroxyl groups is 1. The zero-order valence-corrected chi connectivity index (χ0v) is 17.2. The molecule has 8 heteroatoms. The minimum absolute atomic E-state index is 0.117. The number of carbonyl (C=O) groups excluding carboxylic acids is 1. The van der Waals surface area contributed by atoms with Crippen molar-refractivity contribution < 1.29 is 32.2 Å². The standard InChI is InChI=1S/C17H31F3O4Si/c1-9-23-15(21)16(22,17(18,19)20)10-14(8)24-25(11(2)3,12(4)5)13(6)7/h11-13,22H,8-10H2,1-7H3. The number of esters is 1. The Hall–Kier alpha value is -1.02. The molecular formula is C17H31F3O4Si. The molecule has 0 amide bonds. The van der Waals surface area contributed by atoms with Crippen molar-refractivity contribution in [1.82, 2.24) is 0 Å². The van der Waals surface area contributed by atoms with Gasteiger partial charge in [0.1, 0.15) is 0 Å². The number of ether oxygens (including phenoxy) is 1. The second kappa shape index (κ2) is 8.57. The molecule has 0 bridgehead atoms. The summed E-state index contributed by atoms with van der Waals surface area (Å²) in [5.41, 5.74) is -3.31. The third kappa shape index (κ3) is 5.00. The first-order valence-corrected chi connectivity index (χ1v) is 10.6. The number of rotatable bonds is 9. The highest BCUT2D eigenvalue weighted by Gasteiger charge is 2.61. The number of carbonyl (C=O) groups is 1. The minimum atomic E-state index is -5.19. The maximum absolute atomic E-state index is 13.3. The molecular weight excluding hydrogens is 353 g/mol. The Morgan fingerprint density at radius 2 is 1.48 bits per heavy atom. The van der Waals surface area contributed by atoms with Crippen molar-refractivity contribution >= 4 is 14.3 Å². The number of alkyl halides is 3. The zero-order chi connectivity index (χ0) is 20.2. The van der Waals surface area contributed by atoms with Gasteiger partial charge in [-0.15, -0.1) is 0 Å². The van der Waals surface area contributed by atoms with Crippen LogP contribution in [0.4, 0.5) is 13.2 Å². The molecule has 148 valence electrons. The van der Waals surface area contributed by atoms with Crippen LogP contribution in [-0.4, -0.2) is 37.8 Å². The van der Waals surface area contributed by atoms with E-state index in [1.807, 2.05) is 41.5 Å². The topological polar surface area (TPSA) is 55.8 Å². The first kappa shape index (κ1) is 24.0. The Labute approximate surface area is 149 Å². The van der Waals surface area contributed by atoms with Crippen LogP contribution in [0.1, 0.15) is 54.9 Å². The van der Waals surface area contributed by atoms with Gasteiger partial charge in [-0.3, -0.25) is 0 Å². The molecule has 0 spiro atoms. The second-order valence-electron chi connectivity index (χ2n) is 7.21. The zero-order valence-electron chi connectivity index (χ0n) is 16.2. The van der Waals surface area contributed by atoms with Crippen LogP contribution in [0.2, 0.25) is 16.6 Å². The van der Waals surface area contributed by atoms with E-state index in [4.69, 9.17) is 4.43 Å². The van der Waals surface area contributed by atoms with Crippen molar-refractivity contribution in [3.8, 4) is 0 Å². The molecule has 0 heterocycles. The van der Waals surface area contributed by atoms with E-state index in [1.54, 1.807) is 0 Å². The second-order valence-corrected chi connectivity index (χ2v) is 12.6. The smallest absolute Gasteiger partial charge is 0.428 e. The molecule has 0 fully saturated rings. The van der Waals surface area contributed by atoms with E-state index in [9.17, 15) is 23.1 Å². The van der Waals surface area contributed by atoms with Gasteiger partial charge in [0.2, 0.25) is 0 Å². The summed E-state index contributed by atoms with van der Waals surface area (Å²) in [6.07, 6.45) is -6.26. The Morgan fingerprint density at radius 1 is 1.08 bits per heavy atom. The van der Waals surface area contributed by atoms with E-state index < -0.39 is 32.5 Å². The Kier molecular flexibility index (Phi) is 8.22. The fourth-order valence-corrected chi connectivity index (χ4v) is 8.74. The van der Waals surface area contributed by atoms with Gasteiger partial charge in [-0.25, -0.2) is 4.79 Å². The average Bonchev–Trinajstić information content (AvgIpc) is 2.42. The molecule has 1 N–H and O–H groups in total. The maximum atomic E-state index is 13.3. The van der Waals surface area contributed by atoms with Gasteiger partial charge < -0.3 is 14.3 Å². The molecule has 0 aliphatic rings. The SMILES string of the molecule is C=C(CC(O)(C(=O)OCC)C(F)(F)F)O[Si](C(C)C)(C(C)C)C(C)C. The third-order valence-electron chi connectivity index (χ3n) is 4.56. The van der Waals surface area contributed by atoms with Crippen molar-refractivity contribution in [3.63, 3.8) is 0 Å². The van der Waals surface area contributed by atoms with Crippen LogP contribution in [0.15, 0.2) is 12.3 Å². The molecule has 0 aromatic rings. The highest BCUT2D eigenvalue weighted by Crippen LogP contribution is 2.45. The summed E-state index contributed by atoms with van der Waals surface area (Å²) in [5.74, 6) is -1.98. The lowest BCUT2D eigenvalue weighted by atomic mass is 9.98. The van der Waals surface area contributed by atoms with Gasteiger partial charge in [0.25, 0.3) is 13.9 Å². The monoisotopic (exact) mass is 384 g/mol. The third-order valence-corrected chi connectivity index (χ3v) is 10.6. The Balaban J connectivity index is 5.68. The Morgan fingerprint density at radius 3 is 1.76 bits per heavy atom. The molecule has 1 unspecified atom stereocenters. The number of halogens is 3. The summed E-state index contributed by atoms with van der Waals surface area (Å²) >= 11 is 0. The van der Waals surface area contributed by atoms with E-state index in [0.29, 0.717) is 0 Å². The van der Waals surface area contributed by atoms with Gasteiger partial charge in [0, 0.05) is 0 Å². The van der Waals surface area contributed by atoms with Crippen LogP contribution in [-0.2, 0) is 14.0 Å². The quantitative estimate of drug-likeness (QED) is 0.348. The molecule has 25 heavy (non-hydrogen) atoms. The van der Waals surface area contributed by atoms with E-state index in [0.717, 1.165) is 0 Å². The van der Waals surface area contributed by atoms with Crippen molar-refractivity contribution in [1.29, 1.82) is 0 Å². The summed E-state index contributed by atoms with van der Waals surface area (Å²) < 4.78 is 50.4. The lowest BCUT2D eigenvalue weighted by Crippen LogP contribution is -2.54. The lowest BCUT2D eigenvalue weighted by Gasteiger charge is -2.43. The van der Waals surface area contributed by atoms with Crippen molar-refractivity contribution in [2.75, 3.05) is 6.61 Å². The van der Waals surface area contributed by atoms with Crippen LogP contribution in [0.25, 0.3) is 0 Å². The van der Waals surface area contributed by atoms with Crippen LogP contribution in [0.3, 0.4) is 0 Å². The summed E-state index contributed by atoms with van der Waals surface area (Å²) in [7, 11) is -2.53. The van der Waals surface area contributed by atoms with Crippen molar-refractivity contribution in [2.24, 2.45) is 0 Å². The summed E-state index contributed by atoms with van der Waals surface area (Å²) in [6, 6.07) is 0. The van der Waals surface area contributed by atoms with Gasteiger partial charge in [0.15, 0.2) is 0 Å². The highest BCUT2D eigenvalue weighted by atomic mass is 28.4. The average molecular weight is 385 g/mol. The van der Waals surface area contributed by atoms with Crippen LogP contribution in [0.5, 0.6) is 0 Å². The minimum Gasteiger partial charge on any atom is -0.546 e. The normalized spacial score (nSPS) is 15.4. The first-order chi connectivity index (χ1) is 11.2. The van der Waals surface area contributed by atoms with Crippen LogP contribution >= 0.6 is 0 Å². The predicted octanol–water partition coefficient (Wildman–Crippen LogP) is 4.94. The summed E-state index contributed by atoms with van der Waals surface area (Å²) in [4.78, 5) is 11.7.